The van der Waals surface area contributed by atoms with Gasteiger partial charge >= 0.3 is 6.18 Å². The minimum absolute atomic E-state index is 0.0291. The van der Waals surface area contributed by atoms with E-state index in [4.69, 9.17) is 5.73 Å². The number of nitrogen functional groups attached to an aromatic ring is 1. The number of nitrogens with two attached hydrogens (primary N) is 1. The van der Waals surface area contributed by atoms with Crippen LogP contribution in [-0.4, -0.2) is 31.9 Å². The Hall–Kier alpha value is -2.11. The van der Waals surface area contributed by atoms with Crippen LogP contribution in [0.15, 0.2) is 5.38 Å². The van der Waals surface area contributed by atoms with Gasteiger partial charge in [0, 0.05) is 24.3 Å². The summed E-state index contributed by atoms with van der Waals surface area (Å²) in [6.45, 7) is 0. The van der Waals surface area contributed by atoms with E-state index in [0.717, 1.165) is 16.7 Å². The van der Waals surface area contributed by atoms with E-state index >= 15 is 0 Å². The van der Waals surface area contributed by atoms with Crippen molar-refractivity contribution in [1.82, 2.24) is 19.9 Å². The molecule has 2 aromatic heterocycles. The van der Waals surface area contributed by atoms with Crippen molar-refractivity contribution < 1.29 is 22.0 Å². The molecule has 3 rings (SSSR count). The van der Waals surface area contributed by atoms with Gasteiger partial charge in [-0.15, -0.1) is 11.3 Å². The fraction of sp³-hybridized carbons (Fsp3) is 0.538. The standard InChI is InChI=1S/C13H13F5N6S/c14-12(15)3-1-6(2-4-12)20-11-23-8(22-10(19)24-11)9-21-7(5-25-9)13(16,17)18/h5-6H,1-4H2,(H3,19,20,22,23,24). The molecular formula is C13H13F5N6S. The molecule has 0 unspecified atom stereocenters. The van der Waals surface area contributed by atoms with E-state index in [2.05, 4.69) is 25.3 Å². The Morgan fingerprint density at radius 1 is 1.12 bits per heavy atom. The topological polar surface area (TPSA) is 89.6 Å². The number of aromatic nitrogens is 4. The summed E-state index contributed by atoms with van der Waals surface area (Å²) in [7, 11) is 0. The zero-order valence-electron chi connectivity index (χ0n) is 12.6. The second kappa shape index (κ2) is 6.32. The average molecular weight is 380 g/mol. The van der Waals surface area contributed by atoms with Crippen LogP contribution in [0.5, 0.6) is 0 Å². The molecule has 12 heteroatoms. The number of thiazole rings is 1. The van der Waals surface area contributed by atoms with Crippen molar-refractivity contribution in [2.75, 3.05) is 11.1 Å². The van der Waals surface area contributed by atoms with Gasteiger partial charge in [0.25, 0.3) is 0 Å². The molecule has 2 aromatic rings. The second-order valence-electron chi connectivity index (χ2n) is 5.65. The van der Waals surface area contributed by atoms with Crippen molar-refractivity contribution in [1.29, 1.82) is 0 Å². The zero-order chi connectivity index (χ0) is 18.2. The highest BCUT2D eigenvalue weighted by Gasteiger charge is 2.36. The smallest absolute Gasteiger partial charge is 0.368 e. The third kappa shape index (κ3) is 4.30. The van der Waals surface area contributed by atoms with Crippen LogP contribution in [0, 0.1) is 0 Å². The number of hydrogen-bond acceptors (Lipinski definition) is 7. The lowest BCUT2D eigenvalue weighted by Gasteiger charge is -2.28. The third-order valence-corrected chi connectivity index (χ3v) is 4.53. The number of nitrogens with zero attached hydrogens (tertiary/aromatic N) is 4. The lowest BCUT2D eigenvalue weighted by Crippen LogP contribution is -2.32. The molecule has 6 nitrogen and oxygen atoms in total. The quantitative estimate of drug-likeness (QED) is 0.791. The first kappa shape index (κ1) is 17.7. The van der Waals surface area contributed by atoms with Crippen molar-refractivity contribution >= 4 is 23.2 Å². The van der Waals surface area contributed by atoms with Crippen molar-refractivity contribution in [3.8, 4) is 10.8 Å². The first-order chi connectivity index (χ1) is 11.6. The van der Waals surface area contributed by atoms with E-state index in [-0.39, 0.29) is 54.5 Å². The summed E-state index contributed by atoms with van der Waals surface area (Å²) in [4.78, 5) is 15.1. The minimum atomic E-state index is -4.57. The monoisotopic (exact) mass is 380 g/mol. The molecule has 136 valence electrons. The SMILES string of the molecule is Nc1nc(NC2CCC(F)(F)CC2)nc(-c2nc(C(F)(F)F)cs2)n1. The summed E-state index contributed by atoms with van der Waals surface area (Å²) in [6, 6.07) is -0.267. The molecule has 0 saturated heterocycles. The lowest BCUT2D eigenvalue weighted by molar-refractivity contribution is -0.140. The Morgan fingerprint density at radius 3 is 2.40 bits per heavy atom. The van der Waals surface area contributed by atoms with E-state index in [0.29, 0.717) is 0 Å². The third-order valence-electron chi connectivity index (χ3n) is 3.69. The van der Waals surface area contributed by atoms with Crippen LogP contribution in [0.1, 0.15) is 31.4 Å². The normalized spacial score (nSPS) is 18.3. The van der Waals surface area contributed by atoms with Gasteiger partial charge in [0.2, 0.25) is 17.8 Å². The van der Waals surface area contributed by atoms with Crippen LogP contribution in [0.25, 0.3) is 10.8 Å². The first-order valence-corrected chi connectivity index (χ1v) is 8.19. The zero-order valence-corrected chi connectivity index (χ0v) is 13.5. The first-order valence-electron chi connectivity index (χ1n) is 7.31. The molecule has 2 heterocycles. The number of alkyl halides is 5. The summed E-state index contributed by atoms with van der Waals surface area (Å²) in [5, 5.41) is 3.68. The summed E-state index contributed by atoms with van der Waals surface area (Å²) in [5.74, 6) is -2.94. The van der Waals surface area contributed by atoms with Crippen molar-refractivity contribution in [2.45, 2.75) is 43.8 Å². The van der Waals surface area contributed by atoms with E-state index in [1.807, 2.05) is 0 Å². The molecule has 0 spiro atoms. The molecule has 0 aliphatic heterocycles. The predicted octanol–water partition coefficient (Wildman–Crippen LogP) is 3.59. The molecule has 1 aliphatic rings. The highest BCUT2D eigenvalue weighted by molar-refractivity contribution is 7.13. The minimum Gasteiger partial charge on any atom is -0.368 e. The van der Waals surface area contributed by atoms with Gasteiger partial charge in [-0.05, 0) is 12.8 Å². The van der Waals surface area contributed by atoms with Gasteiger partial charge in [0.15, 0.2) is 16.5 Å². The highest BCUT2D eigenvalue weighted by atomic mass is 32.1. The molecule has 0 amide bonds. The molecule has 25 heavy (non-hydrogen) atoms. The van der Waals surface area contributed by atoms with E-state index in [1.165, 1.54) is 0 Å². The van der Waals surface area contributed by atoms with Crippen LogP contribution < -0.4 is 11.1 Å². The van der Waals surface area contributed by atoms with Gasteiger partial charge in [0.05, 0.1) is 0 Å². The number of rotatable bonds is 3. The average Bonchev–Trinajstić information content (AvgIpc) is 2.99. The van der Waals surface area contributed by atoms with Crippen molar-refractivity contribution in [3.63, 3.8) is 0 Å². The lowest BCUT2D eigenvalue weighted by atomic mass is 9.92. The summed E-state index contributed by atoms with van der Waals surface area (Å²) >= 11 is 0.726. The molecular weight excluding hydrogens is 367 g/mol. The van der Waals surface area contributed by atoms with Crippen LogP contribution in [0.2, 0.25) is 0 Å². The Balaban J connectivity index is 1.78. The second-order valence-corrected chi connectivity index (χ2v) is 6.51. The highest BCUT2D eigenvalue weighted by Crippen LogP contribution is 2.35. The number of anilines is 2. The summed E-state index contributed by atoms with van der Waals surface area (Å²) in [6.07, 6.45) is -4.62. The molecule has 0 bridgehead atoms. The van der Waals surface area contributed by atoms with E-state index in [1.54, 1.807) is 0 Å². The number of nitrogens with one attached hydrogen (secondary N) is 1. The van der Waals surface area contributed by atoms with Gasteiger partial charge in [-0.2, -0.15) is 28.1 Å². The van der Waals surface area contributed by atoms with Crippen LogP contribution in [-0.2, 0) is 6.18 Å². The van der Waals surface area contributed by atoms with Crippen LogP contribution in [0.3, 0.4) is 0 Å². The fourth-order valence-electron chi connectivity index (χ4n) is 2.43. The number of hydrogen-bond donors (Lipinski definition) is 2. The summed E-state index contributed by atoms with van der Waals surface area (Å²) in [5.41, 5.74) is 4.52. The van der Waals surface area contributed by atoms with Crippen LogP contribution in [0.4, 0.5) is 33.8 Å². The molecule has 0 radical (unpaired) electrons. The van der Waals surface area contributed by atoms with Crippen molar-refractivity contribution in [3.05, 3.63) is 11.1 Å². The largest absolute Gasteiger partial charge is 0.434 e. The van der Waals surface area contributed by atoms with Crippen LogP contribution >= 0.6 is 11.3 Å². The fourth-order valence-corrected chi connectivity index (χ4v) is 3.18. The maximum atomic E-state index is 13.2. The number of halogens is 5. The molecule has 0 atom stereocenters. The predicted molar refractivity (Wildman–Crippen MR) is 81.2 cm³/mol. The maximum absolute atomic E-state index is 13.2. The Labute approximate surface area is 142 Å². The van der Waals surface area contributed by atoms with Gasteiger partial charge in [0.1, 0.15) is 0 Å². The van der Waals surface area contributed by atoms with Gasteiger partial charge in [-0.1, -0.05) is 0 Å². The Kier molecular flexibility index (Phi) is 4.47. The van der Waals surface area contributed by atoms with E-state index < -0.39 is 17.8 Å². The molecule has 3 N–H and O–H groups in total. The van der Waals surface area contributed by atoms with Gasteiger partial charge in [-0.3, -0.25) is 0 Å². The maximum Gasteiger partial charge on any atom is 0.434 e. The molecule has 1 aliphatic carbocycles. The summed E-state index contributed by atoms with van der Waals surface area (Å²) < 4.78 is 64.3. The van der Waals surface area contributed by atoms with Gasteiger partial charge < -0.3 is 11.1 Å². The molecule has 1 fully saturated rings. The van der Waals surface area contributed by atoms with Gasteiger partial charge in [-0.25, -0.2) is 13.8 Å². The Morgan fingerprint density at radius 2 is 1.80 bits per heavy atom. The Bertz CT molecular complexity index is 752. The van der Waals surface area contributed by atoms with Crippen molar-refractivity contribution in [2.24, 2.45) is 0 Å². The molecule has 0 aromatic carbocycles. The van der Waals surface area contributed by atoms with E-state index in [9.17, 15) is 22.0 Å². The molecule has 1 saturated carbocycles.